The number of likely N-dealkylation sites (N-methyl/N-ethyl adjacent to an activating group) is 1. The van der Waals surface area contributed by atoms with Gasteiger partial charge in [0.25, 0.3) is 0 Å². The number of nitrogens with one attached hydrogen (secondary N) is 1. The number of rotatable bonds is 5. The number of benzene rings is 1. The number of anilines is 1. The highest BCUT2D eigenvalue weighted by molar-refractivity contribution is 7.16. The molecule has 1 aliphatic heterocycles. The quantitative estimate of drug-likeness (QED) is 0.751. The number of hydrogen-bond donors (Lipinski definition) is 1. The van der Waals surface area contributed by atoms with E-state index in [0.29, 0.717) is 17.1 Å². The van der Waals surface area contributed by atoms with Crippen molar-refractivity contribution in [3.63, 3.8) is 0 Å². The summed E-state index contributed by atoms with van der Waals surface area (Å²) in [5.74, 6) is 1.40. The SMILES string of the molecule is C[C@@H](C(=O)Nc1sc2c(c1C#N)CCCCC2)N(C)Cc1ccc2c(c1)OCO2. The van der Waals surface area contributed by atoms with E-state index in [9.17, 15) is 10.1 Å². The van der Waals surface area contributed by atoms with Crippen LogP contribution in [0.4, 0.5) is 5.00 Å². The number of carbonyl (C=O) groups is 1. The normalized spacial score (nSPS) is 16.1. The van der Waals surface area contributed by atoms with Gasteiger partial charge in [-0.15, -0.1) is 11.3 Å². The highest BCUT2D eigenvalue weighted by Gasteiger charge is 2.24. The molecule has 0 fully saturated rings. The topological polar surface area (TPSA) is 74.6 Å². The Morgan fingerprint density at radius 1 is 1.28 bits per heavy atom. The summed E-state index contributed by atoms with van der Waals surface area (Å²) in [6, 6.07) is 7.82. The summed E-state index contributed by atoms with van der Waals surface area (Å²) in [6.45, 7) is 2.74. The number of thiophene rings is 1. The van der Waals surface area contributed by atoms with Gasteiger partial charge in [-0.2, -0.15) is 5.26 Å². The van der Waals surface area contributed by atoms with Crippen molar-refractivity contribution >= 4 is 22.2 Å². The van der Waals surface area contributed by atoms with E-state index < -0.39 is 0 Å². The van der Waals surface area contributed by atoms with Crippen molar-refractivity contribution in [3.8, 4) is 17.6 Å². The molecule has 0 saturated heterocycles. The maximum atomic E-state index is 12.9. The first-order valence-corrected chi connectivity index (χ1v) is 10.8. The molecule has 0 saturated carbocycles. The fourth-order valence-corrected chi connectivity index (χ4v) is 5.07. The first kappa shape index (κ1) is 19.7. The molecule has 1 aromatic carbocycles. The van der Waals surface area contributed by atoms with Crippen molar-refractivity contribution in [2.75, 3.05) is 19.2 Å². The molecule has 1 atom stereocenters. The van der Waals surface area contributed by atoms with Crippen molar-refractivity contribution in [1.82, 2.24) is 4.90 Å². The lowest BCUT2D eigenvalue weighted by Crippen LogP contribution is -2.39. The van der Waals surface area contributed by atoms with Gasteiger partial charge in [-0.1, -0.05) is 12.5 Å². The Bertz CT molecular complexity index is 963. The van der Waals surface area contributed by atoms with Crippen molar-refractivity contribution in [2.24, 2.45) is 0 Å². The average Bonchev–Trinajstić information content (AvgIpc) is 3.23. The van der Waals surface area contributed by atoms with Crippen LogP contribution >= 0.6 is 11.3 Å². The standard InChI is InChI=1S/C22H25N3O3S/c1-14(25(2)12-15-8-9-18-19(10-15)28-13-27-18)21(26)24-22-17(11-23)16-6-4-3-5-7-20(16)29-22/h8-10,14H,3-7,12-13H2,1-2H3,(H,24,26)/t14-/m0/s1. The van der Waals surface area contributed by atoms with Crippen LogP contribution in [0.1, 0.15) is 47.8 Å². The lowest BCUT2D eigenvalue weighted by atomic mass is 10.1. The van der Waals surface area contributed by atoms with Crippen molar-refractivity contribution in [3.05, 3.63) is 39.8 Å². The summed E-state index contributed by atoms with van der Waals surface area (Å²) in [4.78, 5) is 16.1. The van der Waals surface area contributed by atoms with Crippen LogP contribution < -0.4 is 14.8 Å². The second-order valence-electron chi connectivity index (χ2n) is 7.65. The molecule has 2 aromatic rings. The molecule has 4 rings (SSSR count). The predicted octanol–water partition coefficient (Wildman–Crippen LogP) is 4.08. The lowest BCUT2D eigenvalue weighted by Gasteiger charge is -2.23. The van der Waals surface area contributed by atoms with E-state index in [1.54, 1.807) is 11.3 Å². The molecule has 0 unspecified atom stereocenters. The monoisotopic (exact) mass is 411 g/mol. The van der Waals surface area contributed by atoms with Gasteiger partial charge in [-0.05, 0) is 62.9 Å². The molecule has 1 N–H and O–H groups in total. The third-order valence-corrected chi connectivity index (χ3v) is 6.89. The van der Waals surface area contributed by atoms with Crippen LogP contribution in [0.15, 0.2) is 18.2 Å². The van der Waals surface area contributed by atoms with Gasteiger partial charge >= 0.3 is 0 Å². The second-order valence-corrected chi connectivity index (χ2v) is 8.75. The third kappa shape index (κ3) is 4.09. The number of amides is 1. The van der Waals surface area contributed by atoms with E-state index in [0.717, 1.165) is 48.3 Å². The highest BCUT2D eigenvalue weighted by Crippen LogP contribution is 2.37. The largest absolute Gasteiger partial charge is 0.454 e. The number of ether oxygens (including phenoxy) is 2. The van der Waals surface area contributed by atoms with Gasteiger partial charge in [0.15, 0.2) is 11.5 Å². The first-order chi connectivity index (χ1) is 14.1. The highest BCUT2D eigenvalue weighted by atomic mass is 32.1. The van der Waals surface area contributed by atoms with E-state index in [4.69, 9.17) is 9.47 Å². The summed E-state index contributed by atoms with van der Waals surface area (Å²) in [7, 11) is 1.92. The minimum absolute atomic E-state index is 0.0962. The zero-order chi connectivity index (χ0) is 20.4. The summed E-state index contributed by atoms with van der Waals surface area (Å²) >= 11 is 1.57. The molecule has 1 aliphatic carbocycles. The Morgan fingerprint density at radius 3 is 2.90 bits per heavy atom. The Labute approximate surface area is 175 Å². The van der Waals surface area contributed by atoms with Crippen LogP contribution in [0.25, 0.3) is 0 Å². The van der Waals surface area contributed by atoms with Crippen molar-refractivity contribution in [2.45, 2.75) is 51.6 Å². The Balaban J connectivity index is 1.43. The van der Waals surface area contributed by atoms with Gasteiger partial charge in [-0.3, -0.25) is 9.69 Å². The van der Waals surface area contributed by atoms with Crippen LogP contribution in [-0.4, -0.2) is 30.7 Å². The molecule has 1 aromatic heterocycles. The molecule has 2 aliphatic rings. The summed E-state index contributed by atoms with van der Waals surface area (Å²) in [5, 5.41) is 13.4. The van der Waals surface area contributed by atoms with Crippen LogP contribution in [0.2, 0.25) is 0 Å². The second kappa shape index (κ2) is 8.44. The Morgan fingerprint density at radius 2 is 2.07 bits per heavy atom. The molecule has 0 bridgehead atoms. The number of hydrogen-bond acceptors (Lipinski definition) is 6. The summed E-state index contributed by atoms with van der Waals surface area (Å²) in [6.07, 6.45) is 5.41. The van der Waals surface area contributed by atoms with E-state index in [2.05, 4.69) is 11.4 Å². The van der Waals surface area contributed by atoms with E-state index >= 15 is 0 Å². The minimum Gasteiger partial charge on any atom is -0.454 e. The van der Waals surface area contributed by atoms with Crippen molar-refractivity contribution < 1.29 is 14.3 Å². The zero-order valence-corrected chi connectivity index (χ0v) is 17.6. The lowest BCUT2D eigenvalue weighted by molar-refractivity contribution is -0.120. The number of carbonyl (C=O) groups excluding carboxylic acids is 1. The molecule has 29 heavy (non-hydrogen) atoms. The molecular weight excluding hydrogens is 386 g/mol. The summed E-state index contributed by atoms with van der Waals surface area (Å²) in [5.41, 5.74) is 2.86. The van der Waals surface area contributed by atoms with Crippen LogP contribution in [0.5, 0.6) is 11.5 Å². The third-order valence-electron chi connectivity index (χ3n) is 5.68. The molecular formula is C22H25N3O3S. The zero-order valence-electron chi connectivity index (χ0n) is 16.8. The van der Waals surface area contributed by atoms with E-state index in [-0.39, 0.29) is 18.7 Å². The van der Waals surface area contributed by atoms with Gasteiger partial charge in [0.05, 0.1) is 11.6 Å². The van der Waals surface area contributed by atoms with Crippen LogP contribution in [-0.2, 0) is 24.2 Å². The molecule has 7 heteroatoms. The molecule has 2 heterocycles. The maximum Gasteiger partial charge on any atom is 0.242 e. The van der Waals surface area contributed by atoms with Crippen LogP contribution in [0, 0.1) is 11.3 Å². The van der Waals surface area contributed by atoms with E-state index in [1.165, 1.54) is 11.3 Å². The van der Waals surface area contributed by atoms with Gasteiger partial charge in [-0.25, -0.2) is 0 Å². The molecule has 0 spiro atoms. The molecule has 1 amide bonds. The number of nitriles is 1. The van der Waals surface area contributed by atoms with E-state index in [1.807, 2.05) is 37.1 Å². The number of nitrogens with zero attached hydrogens (tertiary/aromatic N) is 2. The smallest absolute Gasteiger partial charge is 0.242 e. The van der Waals surface area contributed by atoms with Crippen molar-refractivity contribution in [1.29, 1.82) is 5.26 Å². The molecule has 0 radical (unpaired) electrons. The van der Waals surface area contributed by atoms with Gasteiger partial charge < -0.3 is 14.8 Å². The van der Waals surface area contributed by atoms with Gasteiger partial charge in [0.2, 0.25) is 12.7 Å². The number of aryl methyl sites for hydroxylation is 1. The van der Waals surface area contributed by atoms with Gasteiger partial charge in [0.1, 0.15) is 11.1 Å². The number of fused-ring (bicyclic) bond motifs is 2. The maximum absolute atomic E-state index is 12.9. The average molecular weight is 412 g/mol. The van der Waals surface area contributed by atoms with Gasteiger partial charge in [0, 0.05) is 11.4 Å². The summed E-state index contributed by atoms with van der Waals surface area (Å²) < 4.78 is 10.8. The van der Waals surface area contributed by atoms with Crippen LogP contribution in [0.3, 0.4) is 0 Å². The minimum atomic E-state index is -0.339. The Kier molecular flexibility index (Phi) is 5.74. The fraction of sp³-hybridized carbons (Fsp3) is 0.455. The fourth-order valence-electron chi connectivity index (χ4n) is 3.83. The predicted molar refractivity (Wildman–Crippen MR) is 112 cm³/mol. The molecule has 6 nitrogen and oxygen atoms in total. The first-order valence-electron chi connectivity index (χ1n) is 10.0. The Hall–Kier alpha value is -2.56. The molecule has 152 valence electrons.